The van der Waals surface area contributed by atoms with E-state index < -0.39 is 0 Å². The van der Waals surface area contributed by atoms with Crippen LogP contribution in [0.3, 0.4) is 0 Å². The van der Waals surface area contributed by atoms with Crippen molar-refractivity contribution in [2.45, 2.75) is 33.6 Å². The summed E-state index contributed by atoms with van der Waals surface area (Å²) in [5.41, 5.74) is 6.43. The molecule has 1 aliphatic heterocycles. The predicted octanol–water partition coefficient (Wildman–Crippen LogP) is 3.71. The van der Waals surface area contributed by atoms with Crippen molar-refractivity contribution in [3.05, 3.63) is 35.0 Å². The summed E-state index contributed by atoms with van der Waals surface area (Å²) in [7, 11) is 0. The summed E-state index contributed by atoms with van der Waals surface area (Å²) in [5, 5.41) is 7.99. The van der Waals surface area contributed by atoms with Crippen LogP contribution in [0.2, 0.25) is 0 Å². The maximum Gasteiger partial charge on any atom is 0.139 e. The molecule has 0 bridgehead atoms. The number of fused-ring (bicyclic) bond motifs is 1. The minimum absolute atomic E-state index is 0.299. The molecule has 2 unspecified atom stereocenters. The molecule has 98 valence electrons. The van der Waals surface area contributed by atoms with Crippen molar-refractivity contribution in [2.24, 2.45) is 10.9 Å². The average molecular weight is 255 g/mol. The van der Waals surface area contributed by atoms with Gasteiger partial charge in [-0.05, 0) is 48.3 Å². The SMILES string of the molecule is CC1=NC(C)=C(C)C(c2cccc3nonc23)C1C. The van der Waals surface area contributed by atoms with Gasteiger partial charge < -0.3 is 0 Å². The van der Waals surface area contributed by atoms with Crippen molar-refractivity contribution in [3.63, 3.8) is 0 Å². The van der Waals surface area contributed by atoms with Crippen molar-refractivity contribution in [1.29, 1.82) is 0 Å². The van der Waals surface area contributed by atoms with Crippen molar-refractivity contribution in [2.75, 3.05) is 0 Å². The van der Waals surface area contributed by atoms with Crippen LogP contribution in [-0.2, 0) is 0 Å². The lowest BCUT2D eigenvalue weighted by atomic mass is 9.77. The fourth-order valence-electron chi connectivity index (χ4n) is 2.88. The Morgan fingerprint density at radius 1 is 1.11 bits per heavy atom. The van der Waals surface area contributed by atoms with Crippen LogP contribution >= 0.6 is 0 Å². The number of hydrogen-bond acceptors (Lipinski definition) is 4. The Kier molecular flexibility index (Phi) is 2.73. The molecular weight excluding hydrogens is 238 g/mol. The van der Waals surface area contributed by atoms with Crippen molar-refractivity contribution in [3.8, 4) is 0 Å². The second-order valence-corrected chi connectivity index (χ2v) is 5.27. The summed E-state index contributed by atoms with van der Waals surface area (Å²) in [6, 6.07) is 6.05. The predicted molar refractivity (Wildman–Crippen MR) is 75.2 cm³/mol. The smallest absolute Gasteiger partial charge is 0.139 e. The lowest BCUT2D eigenvalue weighted by Crippen LogP contribution is -2.23. The number of aromatic nitrogens is 2. The Labute approximate surface area is 112 Å². The lowest BCUT2D eigenvalue weighted by Gasteiger charge is -2.30. The highest BCUT2D eigenvalue weighted by atomic mass is 16.6. The number of aliphatic imine (C=N–C) groups is 1. The largest absolute Gasteiger partial charge is 0.263 e. The molecule has 2 aromatic rings. The van der Waals surface area contributed by atoms with Gasteiger partial charge in [-0.15, -0.1) is 0 Å². The Morgan fingerprint density at radius 2 is 1.89 bits per heavy atom. The monoisotopic (exact) mass is 255 g/mol. The first-order valence-electron chi connectivity index (χ1n) is 6.53. The Balaban J connectivity index is 2.21. The quantitative estimate of drug-likeness (QED) is 0.780. The molecule has 1 aromatic heterocycles. The average Bonchev–Trinajstić information content (AvgIpc) is 2.86. The van der Waals surface area contributed by atoms with E-state index >= 15 is 0 Å². The molecule has 0 N–H and O–H groups in total. The topological polar surface area (TPSA) is 51.3 Å². The molecule has 19 heavy (non-hydrogen) atoms. The number of benzene rings is 1. The third-order valence-electron chi connectivity index (χ3n) is 4.19. The maximum absolute atomic E-state index is 4.87. The van der Waals surface area contributed by atoms with Gasteiger partial charge in [-0.25, -0.2) is 4.63 Å². The number of rotatable bonds is 1. The van der Waals surface area contributed by atoms with Crippen LogP contribution in [0.25, 0.3) is 11.0 Å². The Morgan fingerprint density at radius 3 is 2.68 bits per heavy atom. The molecule has 0 aliphatic carbocycles. The molecule has 0 saturated heterocycles. The van der Waals surface area contributed by atoms with Gasteiger partial charge in [-0.3, -0.25) is 4.99 Å². The van der Waals surface area contributed by atoms with Gasteiger partial charge in [-0.2, -0.15) is 0 Å². The van der Waals surface area contributed by atoms with E-state index in [0.717, 1.165) is 16.7 Å². The van der Waals surface area contributed by atoms with E-state index in [9.17, 15) is 0 Å². The van der Waals surface area contributed by atoms with E-state index in [1.807, 2.05) is 12.1 Å². The molecule has 0 spiro atoms. The zero-order chi connectivity index (χ0) is 13.6. The van der Waals surface area contributed by atoms with Gasteiger partial charge in [0.25, 0.3) is 0 Å². The van der Waals surface area contributed by atoms with E-state index in [2.05, 4.69) is 49.1 Å². The van der Waals surface area contributed by atoms with Gasteiger partial charge in [0.2, 0.25) is 0 Å². The molecule has 0 saturated carbocycles. The third-order valence-corrected chi connectivity index (χ3v) is 4.19. The number of nitrogens with zero attached hydrogens (tertiary/aromatic N) is 3. The molecule has 0 fully saturated rings. The zero-order valence-corrected chi connectivity index (χ0v) is 11.6. The van der Waals surface area contributed by atoms with Gasteiger partial charge in [0.15, 0.2) is 0 Å². The molecule has 3 rings (SSSR count). The minimum Gasteiger partial charge on any atom is -0.263 e. The molecule has 0 radical (unpaired) electrons. The third kappa shape index (κ3) is 1.79. The molecule has 2 atom stereocenters. The zero-order valence-electron chi connectivity index (χ0n) is 11.6. The second-order valence-electron chi connectivity index (χ2n) is 5.27. The summed E-state index contributed by atoms with van der Waals surface area (Å²) in [5.74, 6) is 0.666. The van der Waals surface area contributed by atoms with Gasteiger partial charge in [-0.1, -0.05) is 19.1 Å². The lowest BCUT2D eigenvalue weighted by molar-refractivity contribution is 0.315. The normalized spacial score (nSPS) is 23.9. The molecule has 0 amide bonds. The van der Waals surface area contributed by atoms with Crippen LogP contribution in [0, 0.1) is 5.92 Å². The highest BCUT2D eigenvalue weighted by Gasteiger charge is 2.30. The van der Waals surface area contributed by atoms with E-state index in [1.54, 1.807) is 0 Å². The molecular formula is C15H17N3O. The first kappa shape index (κ1) is 12.1. The second kappa shape index (κ2) is 4.30. The molecule has 4 heteroatoms. The van der Waals surface area contributed by atoms with Gasteiger partial charge in [0, 0.05) is 23.2 Å². The first-order valence-corrected chi connectivity index (χ1v) is 6.53. The van der Waals surface area contributed by atoms with E-state index in [0.29, 0.717) is 11.8 Å². The molecule has 2 heterocycles. The van der Waals surface area contributed by atoms with Crippen LogP contribution in [-0.4, -0.2) is 16.0 Å². The van der Waals surface area contributed by atoms with E-state index in [-0.39, 0.29) is 0 Å². The fourth-order valence-corrected chi connectivity index (χ4v) is 2.88. The van der Waals surface area contributed by atoms with Crippen molar-refractivity contribution >= 4 is 16.7 Å². The van der Waals surface area contributed by atoms with Crippen LogP contribution in [0.4, 0.5) is 0 Å². The fraction of sp³-hybridized carbons (Fsp3) is 0.400. The van der Waals surface area contributed by atoms with Crippen LogP contribution in [0.5, 0.6) is 0 Å². The van der Waals surface area contributed by atoms with Crippen molar-refractivity contribution in [1.82, 2.24) is 10.3 Å². The number of allylic oxidation sites excluding steroid dienone is 2. The van der Waals surface area contributed by atoms with Crippen LogP contribution < -0.4 is 0 Å². The first-order chi connectivity index (χ1) is 9.09. The summed E-state index contributed by atoms with van der Waals surface area (Å²) in [4.78, 5) is 4.62. The molecule has 1 aromatic carbocycles. The van der Waals surface area contributed by atoms with Crippen molar-refractivity contribution < 1.29 is 4.63 Å². The Hall–Kier alpha value is -1.97. The highest BCUT2D eigenvalue weighted by molar-refractivity contribution is 5.89. The summed E-state index contributed by atoms with van der Waals surface area (Å²) >= 11 is 0. The highest BCUT2D eigenvalue weighted by Crippen LogP contribution is 2.40. The van der Waals surface area contributed by atoms with Gasteiger partial charge >= 0.3 is 0 Å². The van der Waals surface area contributed by atoms with Gasteiger partial charge in [0.05, 0.1) is 0 Å². The molecule has 4 nitrogen and oxygen atoms in total. The van der Waals surface area contributed by atoms with E-state index in [1.165, 1.54) is 16.8 Å². The maximum atomic E-state index is 4.87. The minimum atomic E-state index is 0.299. The van der Waals surface area contributed by atoms with E-state index in [4.69, 9.17) is 4.63 Å². The summed E-state index contributed by atoms with van der Waals surface area (Å²) in [6.45, 7) is 8.53. The summed E-state index contributed by atoms with van der Waals surface area (Å²) < 4.78 is 4.87. The van der Waals surface area contributed by atoms with Gasteiger partial charge in [0.1, 0.15) is 11.0 Å². The number of hydrogen-bond donors (Lipinski definition) is 0. The molecule has 1 aliphatic rings. The van der Waals surface area contributed by atoms with Crippen LogP contribution in [0.1, 0.15) is 39.2 Å². The summed E-state index contributed by atoms with van der Waals surface area (Å²) in [6.07, 6.45) is 0. The standard InChI is InChI=1S/C15H17N3O/c1-8-10(3)16-11(4)9(2)14(8)12-6-5-7-13-15(12)18-19-17-13/h5-8,14H,1-4H3. The van der Waals surface area contributed by atoms with Crippen LogP contribution in [0.15, 0.2) is 39.1 Å². The Bertz CT molecular complexity index is 696.